The average Bonchev–Trinajstić information content (AvgIpc) is 2.41. The number of carbonyl (C=O) groups excluding carboxylic acids is 1. The van der Waals surface area contributed by atoms with Crippen LogP contribution in [0.15, 0.2) is 42.5 Å². The van der Waals surface area contributed by atoms with Crippen LogP contribution in [0.1, 0.15) is 35.7 Å². The molecule has 0 spiro atoms. The lowest BCUT2D eigenvalue weighted by molar-refractivity contribution is 0.102. The Kier molecular flexibility index (Phi) is 5.05. The highest BCUT2D eigenvalue weighted by molar-refractivity contribution is 14.1. The molecule has 1 N–H and O–H groups in total. The zero-order valence-electron chi connectivity index (χ0n) is 11.3. The third kappa shape index (κ3) is 3.73. The van der Waals surface area contributed by atoms with Crippen molar-refractivity contribution in [1.29, 1.82) is 0 Å². The maximum atomic E-state index is 12.3. The fraction of sp³-hybridized carbons (Fsp3) is 0.188. The third-order valence-electron chi connectivity index (χ3n) is 2.98. The predicted octanol–water partition coefficient (Wildman–Crippen LogP) is 5.32. The largest absolute Gasteiger partial charge is 0.322 e. The van der Waals surface area contributed by atoms with Crippen LogP contribution in [-0.4, -0.2) is 5.91 Å². The van der Waals surface area contributed by atoms with E-state index >= 15 is 0 Å². The van der Waals surface area contributed by atoms with E-state index in [-0.39, 0.29) is 5.91 Å². The van der Waals surface area contributed by atoms with Gasteiger partial charge in [0.15, 0.2) is 0 Å². The van der Waals surface area contributed by atoms with Crippen LogP contribution in [0.5, 0.6) is 0 Å². The van der Waals surface area contributed by atoms with E-state index in [1.807, 2.05) is 24.3 Å². The maximum Gasteiger partial charge on any atom is 0.256 e. The van der Waals surface area contributed by atoms with E-state index in [0.29, 0.717) is 16.5 Å². The van der Waals surface area contributed by atoms with Crippen LogP contribution in [0, 0.1) is 3.57 Å². The number of carbonyl (C=O) groups is 1. The SMILES string of the molecule is CC(C)c1cccc(NC(=O)c2cc(Cl)ccc2I)c1. The summed E-state index contributed by atoms with van der Waals surface area (Å²) in [7, 11) is 0. The lowest BCUT2D eigenvalue weighted by Gasteiger charge is -2.10. The van der Waals surface area contributed by atoms with E-state index in [1.54, 1.807) is 12.1 Å². The van der Waals surface area contributed by atoms with Gasteiger partial charge in [0.25, 0.3) is 5.91 Å². The first-order chi connectivity index (χ1) is 9.47. The third-order valence-corrected chi connectivity index (χ3v) is 4.16. The number of benzene rings is 2. The first-order valence-corrected chi connectivity index (χ1v) is 7.79. The number of anilines is 1. The Balaban J connectivity index is 2.23. The first kappa shape index (κ1) is 15.3. The smallest absolute Gasteiger partial charge is 0.256 e. The molecule has 104 valence electrons. The molecule has 0 aliphatic heterocycles. The van der Waals surface area contributed by atoms with Gasteiger partial charge in [-0.15, -0.1) is 0 Å². The summed E-state index contributed by atoms with van der Waals surface area (Å²) < 4.78 is 0.879. The van der Waals surface area contributed by atoms with Crippen LogP contribution in [0.4, 0.5) is 5.69 Å². The minimum absolute atomic E-state index is 0.141. The molecule has 2 nitrogen and oxygen atoms in total. The van der Waals surface area contributed by atoms with Crippen molar-refractivity contribution < 1.29 is 4.79 Å². The number of rotatable bonds is 3. The maximum absolute atomic E-state index is 12.3. The van der Waals surface area contributed by atoms with Gasteiger partial charge in [0.1, 0.15) is 0 Å². The average molecular weight is 400 g/mol. The Hall–Kier alpha value is -1.07. The van der Waals surface area contributed by atoms with Crippen LogP contribution in [-0.2, 0) is 0 Å². The topological polar surface area (TPSA) is 29.1 Å². The molecule has 2 aromatic rings. The van der Waals surface area contributed by atoms with Crippen molar-refractivity contribution in [2.24, 2.45) is 0 Å². The Morgan fingerprint density at radius 3 is 2.65 bits per heavy atom. The van der Waals surface area contributed by atoms with Gasteiger partial charge < -0.3 is 5.32 Å². The van der Waals surface area contributed by atoms with Crippen molar-refractivity contribution in [3.8, 4) is 0 Å². The molecule has 2 rings (SSSR count). The molecule has 0 aliphatic carbocycles. The molecular weight excluding hydrogens is 385 g/mol. The summed E-state index contributed by atoms with van der Waals surface area (Å²) in [5.41, 5.74) is 2.59. The zero-order chi connectivity index (χ0) is 14.7. The lowest BCUT2D eigenvalue weighted by atomic mass is 10.0. The molecule has 4 heteroatoms. The molecule has 0 atom stereocenters. The molecule has 0 bridgehead atoms. The molecule has 0 aliphatic rings. The van der Waals surface area contributed by atoms with Crippen molar-refractivity contribution in [2.45, 2.75) is 19.8 Å². The molecular formula is C16H15ClINO. The van der Waals surface area contributed by atoms with Crippen LogP contribution in [0.3, 0.4) is 0 Å². The van der Waals surface area contributed by atoms with E-state index < -0.39 is 0 Å². The van der Waals surface area contributed by atoms with E-state index in [2.05, 4.69) is 47.8 Å². The van der Waals surface area contributed by atoms with E-state index in [1.165, 1.54) is 5.56 Å². The molecule has 0 radical (unpaired) electrons. The molecule has 0 saturated heterocycles. The van der Waals surface area contributed by atoms with Crippen LogP contribution in [0.25, 0.3) is 0 Å². The van der Waals surface area contributed by atoms with Crippen molar-refractivity contribution >= 4 is 45.8 Å². The van der Waals surface area contributed by atoms with Crippen molar-refractivity contribution in [2.75, 3.05) is 5.32 Å². The van der Waals surface area contributed by atoms with Crippen LogP contribution < -0.4 is 5.32 Å². The molecule has 20 heavy (non-hydrogen) atoms. The summed E-state index contributed by atoms with van der Waals surface area (Å²) in [6, 6.07) is 13.2. The standard InChI is InChI=1S/C16H15ClINO/c1-10(2)11-4-3-5-13(8-11)19-16(20)14-9-12(17)6-7-15(14)18/h3-10H,1-2H3,(H,19,20). The van der Waals surface area contributed by atoms with E-state index in [4.69, 9.17) is 11.6 Å². The highest BCUT2D eigenvalue weighted by Gasteiger charge is 2.11. The van der Waals surface area contributed by atoms with Gasteiger partial charge in [0, 0.05) is 14.3 Å². The fourth-order valence-corrected chi connectivity index (χ4v) is 2.60. The minimum atomic E-state index is -0.141. The molecule has 1 amide bonds. The van der Waals surface area contributed by atoms with Gasteiger partial charge in [0.05, 0.1) is 5.56 Å². The van der Waals surface area contributed by atoms with E-state index in [0.717, 1.165) is 9.26 Å². The Labute approximate surface area is 137 Å². The number of hydrogen-bond donors (Lipinski definition) is 1. The summed E-state index contributed by atoms with van der Waals surface area (Å²) in [6.45, 7) is 4.25. The Morgan fingerprint density at radius 2 is 1.95 bits per heavy atom. The Bertz CT molecular complexity index is 640. The van der Waals surface area contributed by atoms with E-state index in [9.17, 15) is 4.79 Å². The van der Waals surface area contributed by atoms with Gasteiger partial charge in [-0.05, 0) is 64.4 Å². The number of hydrogen-bond acceptors (Lipinski definition) is 1. The van der Waals surface area contributed by atoms with Gasteiger partial charge in [-0.25, -0.2) is 0 Å². The molecule has 0 heterocycles. The zero-order valence-corrected chi connectivity index (χ0v) is 14.2. The molecule has 0 unspecified atom stereocenters. The van der Waals surface area contributed by atoms with Crippen molar-refractivity contribution in [3.05, 3.63) is 62.2 Å². The quantitative estimate of drug-likeness (QED) is 0.695. The highest BCUT2D eigenvalue weighted by Crippen LogP contribution is 2.21. The summed E-state index contributed by atoms with van der Waals surface area (Å²) in [4.78, 5) is 12.3. The summed E-state index contributed by atoms with van der Waals surface area (Å²) in [5.74, 6) is 0.288. The summed E-state index contributed by atoms with van der Waals surface area (Å²) >= 11 is 8.08. The van der Waals surface area contributed by atoms with Crippen molar-refractivity contribution in [1.82, 2.24) is 0 Å². The fourth-order valence-electron chi connectivity index (χ4n) is 1.85. The lowest BCUT2D eigenvalue weighted by Crippen LogP contribution is -2.13. The predicted molar refractivity (Wildman–Crippen MR) is 92.7 cm³/mol. The van der Waals surface area contributed by atoms with Crippen LogP contribution in [0.2, 0.25) is 5.02 Å². The van der Waals surface area contributed by atoms with Gasteiger partial charge in [-0.2, -0.15) is 0 Å². The first-order valence-electron chi connectivity index (χ1n) is 6.33. The number of amides is 1. The highest BCUT2D eigenvalue weighted by atomic mass is 127. The molecule has 0 fully saturated rings. The second kappa shape index (κ2) is 6.59. The molecule has 0 aromatic heterocycles. The van der Waals surface area contributed by atoms with Gasteiger partial charge in [0.2, 0.25) is 0 Å². The van der Waals surface area contributed by atoms with Crippen LogP contribution >= 0.6 is 34.2 Å². The summed E-state index contributed by atoms with van der Waals surface area (Å²) in [6.07, 6.45) is 0. The number of nitrogens with one attached hydrogen (secondary N) is 1. The normalized spacial score (nSPS) is 10.7. The minimum Gasteiger partial charge on any atom is -0.322 e. The van der Waals surface area contributed by atoms with Gasteiger partial charge in [-0.1, -0.05) is 37.6 Å². The second-order valence-electron chi connectivity index (χ2n) is 4.86. The Morgan fingerprint density at radius 1 is 1.20 bits per heavy atom. The van der Waals surface area contributed by atoms with Gasteiger partial charge >= 0.3 is 0 Å². The van der Waals surface area contributed by atoms with Crippen molar-refractivity contribution in [3.63, 3.8) is 0 Å². The van der Waals surface area contributed by atoms with Gasteiger partial charge in [-0.3, -0.25) is 4.79 Å². The number of halogens is 2. The monoisotopic (exact) mass is 399 g/mol. The second-order valence-corrected chi connectivity index (χ2v) is 6.46. The summed E-state index contributed by atoms with van der Waals surface area (Å²) in [5, 5.41) is 3.48. The molecule has 0 saturated carbocycles. The molecule has 2 aromatic carbocycles.